The molecule has 4 rings (SSSR count). The summed E-state index contributed by atoms with van der Waals surface area (Å²) in [5.74, 6) is 2.32. The summed E-state index contributed by atoms with van der Waals surface area (Å²) in [6.45, 7) is 0.716. The van der Waals surface area contributed by atoms with Crippen LogP contribution in [0.25, 0.3) is 11.4 Å². The molecule has 0 radical (unpaired) electrons. The number of methoxy groups -OCH3 is 1. The molecule has 0 saturated heterocycles. The van der Waals surface area contributed by atoms with Gasteiger partial charge in [-0.25, -0.2) is 0 Å². The lowest BCUT2D eigenvalue weighted by molar-refractivity contribution is -0.118. The number of carbonyl (C=O) groups excluding carboxylic acids is 2. The first kappa shape index (κ1) is 20.6. The van der Waals surface area contributed by atoms with Crippen molar-refractivity contribution in [3.8, 4) is 22.9 Å². The number of benzene rings is 2. The van der Waals surface area contributed by atoms with Crippen LogP contribution < -0.4 is 14.8 Å². The van der Waals surface area contributed by atoms with Crippen molar-refractivity contribution in [2.75, 3.05) is 19.0 Å². The first-order chi connectivity index (χ1) is 15.2. The standard InChI is InChI=1S/C23H24N4O4/c1-30-20-12-16(14-28)9-10-19(20)31-15-22(29)24-18-7-5-6-17(13-18)23-26-25-21-8-3-2-4-11-27(21)23/h5-7,9-10,12-14H,2-4,8,11,15H2,1H3,(H,24,29). The minimum Gasteiger partial charge on any atom is -0.493 e. The van der Waals surface area contributed by atoms with E-state index in [4.69, 9.17) is 9.47 Å². The van der Waals surface area contributed by atoms with Gasteiger partial charge in [0.25, 0.3) is 5.91 Å². The highest BCUT2D eigenvalue weighted by molar-refractivity contribution is 5.92. The summed E-state index contributed by atoms with van der Waals surface area (Å²) in [7, 11) is 1.48. The van der Waals surface area contributed by atoms with Gasteiger partial charge in [-0.2, -0.15) is 0 Å². The number of ether oxygens (including phenoxy) is 2. The Morgan fingerprint density at radius 2 is 2.03 bits per heavy atom. The molecule has 1 aromatic heterocycles. The summed E-state index contributed by atoms with van der Waals surface area (Å²) in [5.41, 5.74) is 2.03. The van der Waals surface area contributed by atoms with Gasteiger partial charge < -0.3 is 19.4 Å². The van der Waals surface area contributed by atoms with Crippen molar-refractivity contribution in [2.24, 2.45) is 0 Å². The molecule has 1 aliphatic heterocycles. The third kappa shape index (κ3) is 4.74. The molecule has 1 aliphatic rings. The summed E-state index contributed by atoms with van der Waals surface area (Å²) >= 11 is 0. The number of nitrogens with one attached hydrogen (secondary N) is 1. The van der Waals surface area contributed by atoms with Crippen molar-refractivity contribution in [1.29, 1.82) is 0 Å². The highest BCUT2D eigenvalue weighted by Crippen LogP contribution is 2.28. The van der Waals surface area contributed by atoms with Crippen LogP contribution in [0.15, 0.2) is 42.5 Å². The van der Waals surface area contributed by atoms with Crippen molar-refractivity contribution in [1.82, 2.24) is 14.8 Å². The molecule has 0 fully saturated rings. The Bertz CT molecular complexity index is 1090. The number of aldehydes is 1. The Morgan fingerprint density at radius 3 is 2.87 bits per heavy atom. The Kier molecular flexibility index (Phi) is 6.26. The number of hydrogen-bond donors (Lipinski definition) is 1. The molecular formula is C23H24N4O4. The van der Waals surface area contributed by atoms with E-state index in [9.17, 15) is 9.59 Å². The van der Waals surface area contributed by atoms with Crippen LogP contribution in [-0.4, -0.2) is 40.7 Å². The maximum Gasteiger partial charge on any atom is 0.262 e. The summed E-state index contributed by atoms with van der Waals surface area (Å²) in [4.78, 5) is 23.3. The van der Waals surface area contributed by atoms with Gasteiger partial charge in [0.1, 0.15) is 12.1 Å². The quantitative estimate of drug-likeness (QED) is 0.588. The molecule has 0 bridgehead atoms. The van der Waals surface area contributed by atoms with Gasteiger partial charge in [0, 0.05) is 29.8 Å². The van der Waals surface area contributed by atoms with Gasteiger partial charge in [-0.3, -0.25) is 9.59 Å². The van der Waals surface area contributed by atoms with Gasteiger partial charge in [0.2, 0.25) is 0 Å². The lowest BCUT2D eigenvalue weighted by Gasteiger charge is -2.12. The van der Waals surface area contributed by atoms with Crippen LogP contribution in [0.3, 0.4) is 0 Å². The van der Waals surface area contributed by atoms with Crippen LogP contribution in [-0.2, 0) is 17.8 Å². The van der Waals surface area contributed by atoms with E-state index in [0.717, 1.165) is 49.3 Å². The Hall–Kier alpha value is -3.68. The molecule has 31 heavy (non-hydrogen) atoms. The Labute approximate surface area is 180 Å². The van der Waals surface area contributed by atoms with E-state index in [1.165, 1.54) is 13.5 Å². The highest BCUT2D eigenvalue weighted by Gasteiger charge is 2.16. The third-order valence-corrected chi connectivity index (χ3v) is 5.20. The first-order valence-electron chi connectivity index (χ1n) is 10.3. The van der Waals surface area contributed by atoms with E-state index in [0.29, 0.717) is 22.7 Å². The molecule has 0 unspecified atom stereocenters. The number of nitrogens with zero attached hydrogens (tertiary/aromatic N) is 3. The van der Waals surface area contributed by atoms with Gasteiger partial charge in [0.15, 0.2) is 23.9 Å². The number of aromatic nitrogens is 3. The largest absolute Gasteiger partial charge is 0.493 e. The molecule has 0 aliphatic carbocycles. The van der Waals surface area contributed by atoms with Gasteiger partial charge in [-0.05, 0) is 43.2 Å². The van der Waals surface area contributed by atoms with Gasteiger partial charge in [-0.15, -0.1) is 10.2 Å². The monoisotopic (exact) mass is 420 g/mol. The summed E-state index contributed by atoms with van der Waals surface area (Å²) in [5, 5.41) is 11.6. The summed E-state index contributed by atoms with van der Waals surface area (Å²) in [6.07, 6.45) is 5.11. The van der Waals surface area contributed by atoms with Crippen molar-refractivity contribution < 1.29 is 19.1 Å². The van der Waals surface area contributed by atoms with Gasteiger partial charge in [-0.1, -0.05) is 18.6 Å². The molecule has 1 N–H and O–H groups in total. The van der Waals surface area contributed by atoms with Crippen LogP contribution in [0.1, 0.15) is 35.4 Å². The molecule has 8 heteroatoms. The lowest BCUT2D eigenvalue weighted by Crippen LogP contribution is -2.20. The Morgan fingerprint density at radius 1 is 1.13 bits per heavy atom. The average molecular weight is 420 g/mol. The topological polar surface area (TPSA) is 95.3 Å². The third-order valence-electron chi connectivity index (χ3n) is 5.20. The number of fused-ring (bicyclic) bond motifs is 1. The fraction of sp³-hybridized carbons (Fsp3) is 0.304. The zero-order chi connectivity index (χ0) is 21.6. The van der Waals surface area contributed by atoms with E-state index >= 15 is 0 Å². The molecule has 160 valence electrons. The van der Waals surface area contributed by atoms with Gasteiger partial charge >= 0.3 is 0 Å². The molecule has 0 atom stereocenters. The number of amides is 1. The smallest absolute Gasteiger partial charge is 0.262 e. The number of rotatable bonds is 7. The van der Waals surface area contributed by atoms with Crippen molar-refractivity contribution >= 4 is 17.9 Å². The van der Waals surface area contributed by atoms with E-state index in [1.54, 1.807) is 18.2 Å². The fourth-order valence-corrected chi connectivity index (χ4v) is 3.65. The van der Waals surface area contributed by atoms with E-state index in [-0.39, 0.29) is 12.5 Å². The van der Waals surface area contributed by atoms with E-state index in [1.807, 2.05) is 24.3 Å². The molecule has 2 aromatic carbocycles. The SMILES string of the molecule is COc1cc(C=O)ccc1OCC(=O)Nc1cccc(-c2nnc3n2CCCCC3)c1. The molecule has 0 spiro atoms. The van der Waals surface area contributed by atoms with Crippen LogP contribution >= 0.6 is 0 Å². The lowest BCUT2D eigenvalue weighted by atomic mass is 10.2. The van der Waals surface area contributed by atoms with Crippen LogP contribution in [0.4, 0.5) is 5.69 Å². The maximum absolute atomic E-state index is 12.4. The normalized spacial score (nSPS) is 13.1. The highest BCUT2D eigenvalue weighted by atomic mass is 16.5. The zero-order valence-corrected chi connectivity index (χ0v) is 17.3. The minimum atomic E-state index is -0.307. The predicted molar refractivity (Wildman–Crippen MR) is 116 cm³/mol. The second-order valence-electron chi connectivity index (χ2n) is 7.35. The van der Waals surface area contributed by atoms with Crippen molar-refractivity contribution in [2.45, 2.75) is 32.2 Å². The van der Waals surface area contributed by atoms with Gasteiger partial charge in [0.05, 0.1) is 7.11 Å². The molecule has 1 amide bonds. The second-order valence-corrected chi connectivity index (χ2v) is 7.35. The zero-order valence-electron chi connectivity index (χ0n) is 17.3. The van der Waals surface area contributed by atoms with Crippen molar-refractivity contribution in [3.63, 3.8) is 0 Å². The number of aryl methyl sites for hydroxylation is 1. The van der Waals surface area contributed by atoms with Crippen LogP contribution in [0.5, 0.6) is 11.5 Å². The van der Waals surface area contributed by atoms with E-state index < -0.39 is 0 Å². The predicted octanol–water partition coefficient (Wildman–Crippen LogP) is 3.51. The summed E-state index contributed by atoms with van der Waals surface area (Å²) < 4.78 is 13.0. The fourth-order valence-electron chi connectivity index (χ4n) is 3.65. The molecule has 0 saturated carbocycles. The van der Waals surface area contributed by atoms with Crippen molar-refractivity contribution in [3.05, 3.63) is 53.9 Å². The molecule has 3 aromatic rings. The number of anilines is 1. The second kappa shape index (κ2) is 9.42. The van der Waals surface area contributed by atoms with Crippen LogP contribution in [0, 0.1) is 0 Å². The maximum atomic E-state index is 12.4. The number of hydrogen-bond acceptors (Lipinski definition) is 6. The molecular weight excluding hydrogens is 396 g/mol. The van der Waals surface area contributed by atoms with E-state index in [2.05, 4.69) is 20.1 Å². The minimum absolute atomic E-state index is 0.193. The molecule has 8 nitrogen and oxygen atoms in total. The average Bonchev–Trinajstić information content (AvgIpc) is 3.06. The number of carbonyl (C=O) groups is 2. The Balaban J connectivity index is 1.43. The summed E-state index contributed by atoms with van der Waals surface area (Å²) in [6, 6.07) is 12.3. The molecule has 2 heterocycles. The van der Waals surface area contributed by atoms with Crippen LogP contribution in [0.2, 0.25) is 0 Å². The first-order valence-corrected chi connectivity index (χ1v) is 10.3.